The Labute approximate surface area is 76.7 Å². The van der Waals surface area contributed by atoms with Crippen LogP contribution < -0.4 is 5.32 Å². The quantitative estimate of drug-likeness (QED) is 0.567. The van der Waals surface area contributed by atoms with Gasteiger partial charge in [-0.2, -0.15) is 0 Å². The first kappa shape index (κ1) is 11.9. The molecule has 74 valence electrons. The minimum absolute atomic E-state index is 0.798. The van der Waals surface area contributed by atoms with E-state index >= 15 is 0 Å². The van der Waals surface area contributed by atoms with E-state index in [1.165, 1.54) is 19.3 Å². The van der Waals surface area contributed by atoms with Gasteiger partial charge in [0.1, 0.15) is 0 Å². The number of rotatable bonds is 8. The summed E-state index contributed by atoms with van der Waals surface area (Å²) in [6.45, 7) is 7.18. The average Bonchev–Trinajstić information content (AvgIpc) is 2.06. The van der Waals surface area contributed by atoms with Crippen molar-refractivity contribution in [2.75, 3.05) is 26.8 Å². The van der Waals surface area contributed by atoms with Gasteiger partial charge in [-0.15, -0.1) is 0 Å². The van der Waals surface area contributed by atoms with Crippen molar-refractivity contribution in [2.24, 2.45) is 5.92 Å². The molecule has 0 radical (unpaired) electrons. The highest BCUT2D eigenvalue weighted by Crippen LogP contribution is 2.09. The molecule has 0 aromatic heterocycles. The third kappa shape index (κ3) is 6.62. The molecule has 0 aromatic carbocycles. The molecule has 0 rings (SSSR count). The predicted octanol–water partition coefficient (Wildman–Crippen LogP) is 2.05. The summed E-state index contributed by atoms with van der Waals surface area (Å²) in [4.78, 5) is 0. The topological polar surface area (TPSA) is 21.3 Å². The van der Waals surface area contributed by atoms with Gasteiger partial charge in [-0.1, -0.05) is 13.3 Å². The second-order valence-corrected chi connectivity index (χ2v) is 3.20. The molecule has 0 aliphatic rings. The molecule has 0 amide bonds. The summed E-state index contributed by atoms with van der Waals surface area (Å²) >= 11 is 0. The molecule has 0 aliphatic carbocycles. The lowest BCUT2D eigenvalue weighted by Crippen LogP contribution is -2.20. The van der Waals surface area contributed by atoms with E-state index in [2.05, 4.69) is 12.2 Å². The van der Waals surface area contributed by atoms with E-state index in [0.717, 1.165) is 25.7 Å². The third-order valence-electron chi connectivity index (χ3n) is 2.06. The zero-order valence-corrected chi connectivity index (χ0v) is 8.73. The Morgan fingerprint density at radius 1 is 1.25 bits per heavy atom. The van der Waals surface area contributed by atoms with E-state index in [0.29, 0.717) is 0 Å². The molecule has 0 heterocycles. The smallest absolute Gasteiger partial charge is 0.0469 e. The van der Waals surface area contributed by atoms with Crippen molar-refractivity contribution >= 4 is 0 Å². The van der Waals surface area contributed by atoms with Crippen molar-refractivity contribution in [1.29, 1.82) is 0 Å². The van der Waals surface area contributed by atoms with Crippen molar-refractivity contribution in [3.63, 3.8) is 0 Å². The number of hydrogen-bond donors (Lipinski definition) is 1. The molecule has 2 nitrogen and oxygen atoms in total. The second kappa shape index (κ2) is 9.01. The van der Waals surface area contributed by atoms with Gasteiger partial charge in [-0.3, -0.25) is 0 Å². The first-order valence-corrected chi connectivity index (χ1v) is 5.07. The zero-order valence-electron chi connectivity index (χ0n) is 8.73. The average molecular weight is 173 g/mol. The molecular formula is C10H23NO. The molecular weight excluding hydrogens is 150 g/mol. The molecule has 2 heteroatoms. The molecule has 0 aliphatic heterocycles. The Balaban J connectivity index is 3.34. The van der Waals surface area contributed by atoms with E-state index in [4.69, 9.17) is 4.74 Å². The van der Waals surface area contributed by atoms with Crippen LogP contribution >= 0.6 is 0 Å². The summed E-state index contributed by atoms with van der Waals surface area (Å²) in [7, 11) is 2.02. The Kier molecular flexibility index (Phi) is 8.95. The molecule has 0 fully saturated rings. The maximum Gasteiger partial charge on any atom is 0.0469 e. The Bertz CT molecular complexity index is 79.9. The van der Waals surface area contributed by atoms with E-state index in [1.54, 1.807) is 0 Å². The summed E-state index contributed by atoms with van der Waals surface area (Å²) in [5, 5.41) is 3.22. The fraction of sp³-hybridized carbons (Fsp3) is 1.00. The van der Waals surface area contributed by atoms with Crippen molar-refractivity contribution < 1.29 is 4.74 Å². The predicted molar refractivity (Wildman–Crippen MR) is 53.4 cm³/mol. The SMILES string of the molecule is CCCC(CCOCC)CNC. The van der Waals surface area contributed by atoms with Crippen LogP contribution in [0, 0.1) is 5.92 Å². The van der Waals surface area contributed by atoms with Crippen LogP contribution in [0.3, 0.4) is 0 Å². The van der Waals surface area contributed by atoms with E-state index in [1.807, 2.05) is 14.0 Å². The third-order valence-corrected chi connectivity index (χ3v) is 2.06. The van der Waals surface area contributed by atoms with Crippen molar-refractivity contribution in [2.45, 2.75) is 33.1 Å². The molecule has 1 N–H and O–H groups in total. The van der Waals surface area contributed by atoms with Gasteiger partial charge >= 0.3 is 0 Å². The van der Waals surface area contributed by atoms with E-state index in [-0.39, 0.29) is 0 Å². The largest absolute Gasteiger partial charge is 0.382 e. The number of nitrogens with one attached hydrogen (secondary N) is 1. The van der Waals surface area contributed by atoms with Gasteiger partial charge < -0.3 is 10.1 Å². The lowest BCUT2D eigenvalue weighted by atomic mass is 10.0. The van der Waals surface area contributed by atoms with Crippen LogP contribution in [0.1, 0.15) is 33.1 Å². The molecule has 0 bridgehead atoms. The van der Waals surface area contributed by atoms with Crippen molar-refractivity contribution in [3.05, 3.63) is 0 Å². The van der Waals surface area contributed by atoms with Crippen LogP contribution in [0.4, 0.5) is 0 Å². The summed E-state index contributed by atoms with van der Waals surface area (Å²) in [5.74, 6) is 0.798. The Morgan fingerprint density at radius 3 is 2.50 bits per heavy atom. The van der Waals surface area contributed by atoms with Gasteiger partial charge in [0.05, 0.1) is 0 Å². The molecule has 0 spiro atoms. The zero-order chi connectivity index (χ0) is 9.23. The van der Waals surface area contributed by atoms with Crippen molar-refractivity contribution in [3.8, 4) is 0 Å². The molecule has 0 aromatic rings. The maximum atomic E-state index is 5.33. The molecule has 0 saturated heterocycles. The van der Waals surface area contributed by atoms with Gasteiger partial charge in [0.2, 0.25) is 0 Å². The maximum absolute atomic E-state index is 5.33. The molecule has 0 saturated carbocycles. The van der Waals surface area contributed by atoms with Gasteiger partial charge in [0.25, 0.3) is 0 Å². The first-order valence-electron chi connectivity index (χ1n) is 5.07. The monoisotopic (exact) mass is 173 g/mol. The van der Waals surface area contributed by atoms with E-state index < -0.39 is 0 Å². The minimum Gasteiger partial charge on any atom is -0.382 e. The fourth-order valence-corrected chi connectivity index (χ4v) is 1.44. The Hall–Kier alpha value is -0.0800. The van der Waals surface area contributed by atoms with Gasteiger partial charge in [0.15, 0.2) is 0 Å². The summed E-state index contributed by atoms with van der Waals surface area (Å²) in [6, 6.07) is 0. The lowest BCUT2D eigenvalue weighted by molar-refractivity contribution is 0.130. The number of hydrogen-bond acceptors (Lipinski definition) is 2. The first-order chi connectivity index (χ1) is 5.85. The normalized spacial score (nSPS) is 13.2. The van der Waals surface area contributed by atoms with Crippen LogP contribution in [-0.2, 0) is 4.74 Å². The Morgan fingerprint density at radius 2 is 2.00 bits per heavy atom. The molecule has 1 atom stereocenters. The highest BCUT2D eigenvalue weighted by molar-refractivity contribution is 4.60. The minimum atomic E-state index is 0.798. The second-order valence-electron chi connectivity index (χ2n) is 3.20. The van der Waals surface area contributed by atoms with E-state index in [9.17, 15) is 0 Å². The van der Waals surface area contributed by atoms with Gasteiger partial charge in [0, 0.05) is 13.2 Å². The fourth-order valence-electron chi connectivity index (χ4n) is 1.44. The van der Waals surface area contributed by atoms with Crippen LogP contribution in [0.5, 0.6) is 0 Å². The van der Waals surface area contributed by atoms with Crippen LogP contribution in [-0.4, -0.2) is 26.8 Å². The highest BCUT2D eigenvalue weighted by Gasteiger charge is 2.05. The van der Waals surface area contributed by atoms with Gasteiger partial charge in [-0.25, -0.2) is 0 Å². The van der Waals surface area contributed by atoms with Crippen LogP contribution in [0.15, 0.2) is 0 Å². The highest BCUT2D eigenvalue weighted by atomic mass is 16.5. The molecule has 12 heavy (non-hydrogen) atoms. The summed E-state index contributed by atoms with van der Waals surface area (Å²) < 4.78 is 5.33. The number of ether oxygens (including phenoxy) is 1. The standard InChI is InChI=1S/C10H23NO/c1-4-6-10(9-11-3)7-8-12-5-2/h10-11H,4-9H2,1-3H3. The summed E-state index contributed by atoms with van der Waals surface area (Å²) in [6.07, 6.45) is 3.79. The molecule has 1 unspecified atom stereocenters. The van der Waals surface area contributed by atoms with Crippen LogP contribution in [0.25, 0.3) is 0 Å². The van der Waals surface area contributed by atoms with Gasteiger partial charge in [-0.05, 0) is 39.3 Å². The summed E-state index contributed by atoms with van der Waals surface area (Å²) in [5.41, 5.74) is 0. The van der Waals surface area contributed by atoms with Crippen molar-refractivity contribution in [1.82, 2.24) is 5.32 Å². The lowest BCUT2D eigenvalue weighted by Gasteiger charge is -2.14. The van der Waals surface area contributed by atoms with Crippen LogP contribution in [0.2, 0.25) is 0 Å².